The molecule has 1 heterocycles. The van der Waals surface area contributed by atoms with Crippen molar-refractivity contribution in [2.75, 3.05) is 0 Å². The van der Waals surface area contributed by atoms with Gasteiger partial charge in [0.2, 0.25) is 0 Å². The summed E-state index contributed by atoms with van der Waals surface area (Å²) in [5.74, 6) is -0.317. The predicted octanol–water partition coefficient (Wildman–Crippen LogP) is 3.02. The van der Waals surface area contributed by atoms with Gasteiger partial charge < -0.3 is 5.11 Å². The van der Waals surface area contributed by atoms with Gasteiger partial charge in [-0.15, -0.1) is 11.3 Å². The quantitative estimate of drug-likeness (QED) is 0.775. The molecule has 0 aromatic carbocycles. The molecule has 0 aliphatic heterocycles. The van der Waals surface area contributed by atoms with Crippen LogP contribution in [0.25, 0.3) is 5.57 Å². The normalized spacial score (nSPS) is 17.9. The van der Waals surface area contributed by atoms with Crippen LogP contribution in [0.3, 0.4) is 0 Å². The molecule has 14 heavy (non-hydrogen) atoms. The zero-order valence-corrected chi connectivity index (χ0v) is 8.59. The molecule has 74 valence electrons. The summed E-state index contributed by atoms with van der Waals surface area (Å²) in [5.41, 5.74) is 0.477. The number of thiophene rings is 1. The fourth-order valence-electron chi connectivity index (χ4n) is 1.53. The maximum Gasteiger partial charge on any atom is 0.336 e. The summed E-state index contributed by atoms with van der Waals surface area (Å²) in [5, 5.41) is 11.0. The zero-order chi connectivity index (χ0) is 9.97. The second kappa shape index (κ2) is 3.96. The fourth-order valence-corrected chi connectivity index (χ4v) is 2.28. The highest BCUT2D eigenvalue weighted by Crippen LogP contribution is 2.31. The Morgan fingerprint density at radius 3 is 2.79 bits per heavy atom. The zero-order valence-electron chi connectivity index (χ0n) is 7.77. The molecule has 0 amide bonds. The number of rotatable bonds is 3. The fraction of sp³-hybridized carbons (Fsp3) is 0.364. The number of carboxylic acid groups (broad SMARTS) is 1. The monoisotopic (exact) mass is 208 g/mol. The molecule has 2 rings (SSSR count). The van der Waals surface area contributed by atoms with E-state index in [1.54, 1.807) is 0 Å². The molecule has 0 radical (unpaired) electrons. The summed E-state index contributed by atoms with van der Waals surface area (Å²) < 4.78 is 0. The van der Waals surface area contributed by atoms with Gasteiger partial charge in [0, 0.05) is 4.88 Å². The lowest BCUT2D eigenvalue weighted by Crippen LogP contribution is -2.10. The highest BCUT2D eigenvalue weighted by molar-refractivity contribution is 7.11. The van der Waals surface area contributed by atoms with Crippen molar-refractivity contribution in [1.29, 1.82) is 0 Å². The second-order valence-corrected chi connectivity index (χ2v) is 4.50. The van der Waals surface area contributed by atoms with Crippen molar-refractivity contribution in [3.05, 3.63) is 28.5 Å². The van der Waals surface area contributed by atoms with Crippen LogP contribution in [0, 0.1) is 5.92 Å². The average Bonchev–Trinajstić information content (AvgIpc) is 2.53. The third-order valence-electron chi connectivity index (χ3n) is 2.57. The Morgan fingerprint density at radius 1 is 1.57 bits per heavy atom. The van der Waals surface area contributed by atoms with E-state index < -0.39 is 5.97 Å². The maximum absolute atomic E-state index is 11.0. The molecule has 2 nitrogen and oxygen atoms in total. The molecule has 0 atom stereocenters. The van der Waals surface area contributed by atoms with Gasteiger partial charge in [-0.3, -0.25) is 0 Å². The van der Waals surface area contributed by atoms with Crippen molar-refractivity contribution >= 4 is 22.9 Å². The van der Waals surface area contributed by atoms with Crippen LogP contribution in [0.2, 0.25) is 0 Å². The molecule has 1 aromatic rings. The summed E-state index contributed by atoms with van der Waals surface area (Å²) in [7, 11) is 0. The first kappa shape index (κ1) is 9.46. The van der Waals surface area contributed by atoms with Gasteiger partial charge in [0.25, 0.3) is 0 Å². The Balaban J connectivity index is 2.23. The lowest BCUT2D eigenvalue weighted by atomic mass is 9.84. The van der Waals surface area contributed by atoms with E-state index >= 15 is 0 Å². The molecule has 1 aliphatic carbocycles. The highest BCUT2D eigenvalue weighted by atomic mass is 32.1. The molecular formula is C11H12O2S. The van der Waals surface area contributed by atoms with Crippen LogP contribution in [0.5, 0.6) is 0 Å². The van der Waals surface area contributed by atoms with E-state index in [2.05, 4.69) is 0 Å². The number of hydrogen-bond donors (Lipinski definition) is 1. The second-order valence-electron chi connectivity index (χ2n) is 3.55. The Morgan fingerprint density at radius 2 is 2.36 bits per heavy atom. The molecule has 0 saturated heterocycles. The van der Waals surface area contributed by atoms with Crippen LogP contribution < -0.4 is 0 Å². The maximum atomic E-state index is 11.0. The van der Waals surface area contributed by atoms with Gasteiger partial charge in [-0.2, -0.15) is 0 Å². The minimum absolute atomic E-state index is 0.477. The van der Waals surface area contributed by atoms with Crippen LogP contribution in [0.1, 0.15) is 24.1 Å². The first-order chi connectivity index (χ1) is 6.77. The van der Waals surface area contributed by atoms with E-state index in [0.717, 1.165) is 17.7 Å². The molecule has 0 unspecified atom stereocenters. The van der Waals surface area contributed by atoms with Crippen molar-refractivity contribution in [2.24, 2.45) is 5.92 Å². The van der Waals surface area contributed by atoms with Crippen molar-refractivity contribution in [2.45, 2.75) is 19.3 Å². The van der Waals surface area contributed by atoms with Gasteiger partial charge in [-0.25, -0.2) is 4.79 Å². The summed E-state index contributed by atoms with van der Waals surface area (Å²) >= 11 is 1.49. The Hall–Kier alpha value is -1.09. The summed E-state index contributed by atoms with van der Waals surface area (Å²) in [4.78, 5) is 11.9. The molecule has 1 fully saturated rings. The first-order valence-electron chi connectivity index (χ1n) is 4.76. The number of carbonyl (C=O) groups is 1. The molecule has 1 aliphatic rings. The number of hydrogen-bond acceptors (Lipinski definition) is 2. The third kappa shape index (κ3) is 1.87. The van der Waals surface area contributed by atoms with Crippen molar-refractivity contribution < 1.29 is 9.90 Å². The van der Waals surface area contributed by atoms with Gasteiger partial charge in [0.1, 0.15) is 0 Å². The minimum Gasteiger partial charge on any atom is -0.478 e. The Kier molecular flexibility index (Phi) is 2.68. The van der Waals surface area contributed by atoms with Crippen molar-refractivity contribution in [1.82, 2.24) is 0 Å². The van der Waals surface area contributed by atoms with E-state index in [1.165, 1.54) is 17.8 Å². The van der Waals surface area contributed by atoms with Gasteiger partial charge in [-0.1, -0.05) is 18.6 Å². The van der Waals surface area contributed by atoms with Crippen LogP contribution >= 0.6 is 11.3 Å². The number of allylic oxidation sites excluding steroid dienone is 1. The average molecular weight is 208 g/mol. The molecular weight excluding hydrogens is 196 g/mol. The molecule has 1 aromatic heterocycles. The number of carboxylic acids is 1. The van der Waals surface area contributed by atoms with E-state index in [4.69, 9.17) is 5.11 Å². The van der Waals surface area contributed by atoms with Crippen LogP contribution in [-0.2, 0) is 4.79 Å². The third-order valence-corrected chi connectivity index (χ3v) is 3.47. The predicted molar refractivity (Wildman–Crippen MR) is 57.3 cm³/mol. The SMILES string of the molecule is O=C(O)C(=CC1CCC1)c1cccs1. The van der Waals surface area contributed by atoms with Crippen molar-refractivity contribution in [3.8, 4) is 0 Å². The van der Waals surface area contributed by atoms with Crippen LogP contribution in [-0.4, -0.2) is 11.1 Å². The lowest BCUT2D eigenvalue weighted by Gasteiger charge is -2.22. The largest absolute Gasteiger partial charge is 0.478 e. The van der Waals surface area contributed by atoms with Gasteiger partial charge >= 0.3 is 5.97 Å². The van der Waals surface area contributed by atoms with Crippen molar-refractivity contribution in [3.63, 3.8) is 0 Å². The number of aliphatic carboxylic acids is 1. The molecule has 0 bridgehead atoms. The lowest BCUT2D eigenvalue weighted by molar-refractivity contribution is -0.130. The molecule has 3 heteroatoms. The van der Waals surface area contributed by atoms with Gasteiger partial charge in [0.15, 0.2) is 0 Å². The van der Waals surface area contributed by atoms with Gasteiger partial charge in [-0.05, 0) is 30.2 Å². The smallest absolute Gasteiger partial charge is 0.336 e. The molecule has 1 saturated carbocycles. The molecule has 1 N–H and O–H groups in total. The highest BCUT2D eigenvalue weighted by Gasteiger charge is 2.19. The summed E-state index contributed by atoms with van der Waals surface area (Å²) in [6.07, 6.45) is 5.43. The van der Waals surface area contributed by atoms with E-state index in [0.29, 0.717) is 11.5 Å². The van der Waals surface area contributed by atoms with Gasteiger partial charge in [0.05, 0.1) is 5.57 Å². The van der Waals surface area contributed by atoms with E-state index in [9.17, 15) is 4.79 Å². The Labute approximate surface area is 86.9 Å². The molecule has 0 spiro atoms. The van der Waals surface area contributed by atoms with E-state index in [-0.39, 0.29) is 0 Å². The topological polar surface area (TPSA) is 37.3 Å². The summed E-state index contributed by atoms with van der Waals surface area (Å²) in [6, 6.07) is 3.75. The minimum atomic E-state index is -0.806. The Bertz CT molecular complexity index is 347. The first-order valence-corrected chi connectivity index (χ1v) is 5.64. The summed E-state index contributed by atoms with van der Waals surface area (Å²) in [6.45, 7) is 0. The van der Waals surface area contributed by atoms with E-state index in [1.807, 2.05) is 23.6 Å². The van der Waals surface area contributed by atoms with Crippen LogP contribution in [0.4, 0.5) is 0 Å². The standard InChI is InChI=1S/C11H12O2S/c12-11(13)9(7-8-3-1-4-8)10-5-2-6-14-10/h2,5-8H,1,3-4H2,(H,12,13). The van der Waals surface area contributed by atoms with Crippen LogP contribution in [0.15, 0.2) is 23.6 Å².